The first-order valence-corrected chi connectivity index (χ1v) is 26.3. The van der Waals surface area contributed by atoms with Crippen LogP contribution < -0.4 is 19.8 Å². The molecule has 12 rings (SSSR count). The van der Waals surface area contributed by atoms with Crippen molar-refractivity contribution in [3.63, 3.8) is 0 Å². The van der Waals surface area contributed by atoms with Crippen LogP contribution in [0.1, 0.15) is 56.2 Å². The number of aromatic nitrogens is 2. The van der Waals surface area contributed by atoms with Crippen molar-refractivity contribution in [2.24, 2.45) is 0 Å². The minimum absolute atomic E-state index is 0.00530. The summed E-state index contributed by atoms with van der Waals surface area (Å²) in [6.07, 6.45) is 3.64. The number of allylic oxidation sites excluding steroid dienone is 2. The zero-order valence-electron chi connectivity index (χ0n) is 43.7. The first-order chi connectivity index (χ1) is 37.6. The molecule has 0 unspecified atom stereocenters. The second kappa shape index (κ2) is 20.2. The first-order valence-electron chi connectivity index (χ1n) is 26.3. The molecule has 10 aromatic rings. The third-order valence-corrected chi connectivity index (χ3v) is 14.5. The van der Waals surface area contributed by atoms with Crippen molar-refractivity contribution in [2.45, 2.75) is 46.5 Å². The van der Waals surface area contributed by atoms with E-state index in [1.165, 1.54) is 10.0 Å². The Bertz CT molecular complexity index is 3720. The van der Waals surface area contributed by atoms with Gasteiger partial charge in [0.25, 0.3) is 11.8 Å². The number of carbonyl (C=O) groups excluding carboxylic acids is 2. The Morgan fingerprint density at radius 3 is 1.17 bits per heavy atom. The number of nitrogens with zero attached hydrogens (tertiary/aromatic N) is 6. The summed E-state index contributed by atoms with van der Waals surface area (Å²) in [5.41, 5.74) is 16.2. The fourth-order valence-corrected chi connectivity index (χ4v) is 10.8. The van der Waals surface area contributed by atoms with E-state index in [-0.39, 0.29) is 17.4 Å². The molecule has 0 aliphatic carbocycles. The molecule has 8 heteroatoms. The highest BCUT2D eigenvalue weighted by molar-refractivity contribution is 6.36. The molecule has 0 spiro atoms. The number of carbonyl (C=O) groups is 2. The van der Waals surface area contributed by atoms with Crippen LogP contribution in [-0.2, 0) is 9.59 Å². The summed E-state index contributed by atoms with van der Waals surface area (Å²) in [7, 11) is 0. The summed E-state index contributed by atoms with van der Waals surface area (Å²) >= 11 is 0. The van der Waals surface area contributed by atoms with Crippen LogP contribution in [0.2, 0.25) is 0 Å². The maximum Gasteiger partial charge on any atom is 0.283 e. The van der Waals surface area contributed by atoms with Gasteiger partial charge in [0.15, 0.2) is 11.6 Å². The van der Waals surface area contributed by atoms with Crippen LogP contribution in [0.25, 0.3) is 55.5 Å². The van der Waals surface area contributed by atoms with Crippen LogP contribution in [-0.4, -0.2) is 21.8 Å². The predicted octanol–water partition coefficient (Wildman–Crippen LogP) is 16.9. The molecule has 0 radical (unpaired) electrons. The van der Waals surface area contributed by atoms with Gasteiger partial charge in [-0.2, -0.15) is 0 Å². The average molecular weight is 1000 g/mol. The molecular formula is C69H56N6O2. The van der Waals surface area contributed by atoms with Gasteiger partial charge in [-0.15, -0.1) is 0 Å². The van der Waals surface area contributed by atoms with Gasteiger partial charge in [0.1, 0.15) is 11.4 Å². The van der Waals surface area contributed by atoms with Gasteiger partial charge in [-0.05, 0) is 130 Å². The van der Waals surface area contributed by atoms with Gasteiger partial charge in [-0.1, -0.05) is 204 Å². The molecule has 0 N–H and O–H groups in total. The van der Waals surface area contributed by atoms with Gasteiger partial charge in [0, 0.05) is 11.1 Å². The van der Waals surface area contributed by atoms with Crippen molar-refractivity contribution in [3.8, 4) is 44.5 Å². The van der Waals surface area contributed by atoms with Crippen molar-refractivity contribution in [1.82, 2.24) is 9.97 Å². The highest BCUT2D eigenvalue weighted by Crippen LogP contribution is 2.56. The molecule has 1 saturated heterocycles. The number of hydrazine groups is 1. The molecule has 9 aromatic carbocycles. The van der Waals surface area contributed by atoms with Crippen molar-refractivity contribution < 1.29 is 9.59 Å². The number of hydrogen-bond donors (Lipinski definition) is 0. The van der Waals surface area contributed by atoms with Crippen molar-refractivity contribution in [2.75, 3.05) is 19.8 Å². The van der Waals surface area contributed by atoms with Gasteiger partial charge in [0.05, 0.1) is 33.8 Å². The molecular weight excluding hydrogens is 945 g/mol. The number of amides is 2. The van der Waals surface area contributed by atoms with E-state index in [9.17, 15) is 0 Å². The quantitative estimate of drug-likeness (QED) is 0.0949. The van der Waals surface area contributed by atoms with Gasteiger partial charge in [-0.25, -0.2) is 20.0 Å². The van der Waals surface area contributed by atoms with E-state index in [0.29, 0.717) is 28.8 Å². The normalized spacial score (nSPS) is 14.0. The van der Waals surface area contributed by atoms with E-state index < -0.39 is 11.8 Å². The number of benzene rings is 9. The highest BCUT2D eigenvalue weighted by Gasteiger charge is 2.44. The second-order valence-electron chi connectivity index (χ2n) is 20.2. The maximum absolute atomic E-state index is 15.2. The van der Waals surface area contributed by atoms with Crippen LogP contribution in [0.5, 0.6) is 0 Å². The van der Waals surface area contributed by atoms with Crippen molar-refractivity contribution in [1.29, 1.82) is 0 Å². The zero-order chi connectivity index (χ0) is 52.7. The van der Waals surface area contributed by atoms with Crippen LogP contribution in [0.4, 0.5) is 34.4 Å². The van der Waals surface area contributed by atoms with Gasteiger partial charge < -0.3 is 0 Å². The van der Waals surface area contributed by atoms with Gasteiger partial charge >= 0.3 is 0 Å². The molecule has 3 heterocycles. The van der Waals surface area contributed by atoms with Crippen molar-refractivity contribution in [3.05, 3.63) is 265 Å². The Morgan fingerprint density at radius 1 is 0.390 bits per heavy atom. The lowest BCUT2D eigenvalue weighted by Crippen LogP contribution is -2.41. The van der Waals surface area contributed by atoms with Crippen LogP contribution >= 0.6 is 0 Å². The average Bonchev–Trinajstić information content (AvgIpc) is 4.14. The molecule has 374 valence electrons. The monoisotopic (exact) mass is 1000 g/mol. The van der Waals surface area contributed by atoms with Crippen molar-refractivity contribution >= 4 is 57.2 Å². The molecule has 2 aliphatic rings. The van der Waals surface area contributed by atoms with E-state index in [0.717, 1.165) is 83.6 Å². The fourth-order valence-electron chi connectivity index (χ4n) is 10.8. The Labute approximate surface area is 450 Å². The van der Waals surface area contributed by atoms with Gasteiger partial charge in [-0.3, -0.25) is 19.4 Å². The molecule has 0 bridgehead atoms. The molecule has 77 heavy (non-hydrogen) atoms. The number of aryl methyl sites for hydroxylation is 1. The van der Waals surface area contributed by atoms with Crippen LogP contribution in [0.15, 0.2) is 248 Å². The number of hydrogen-bond acceptors (Lipinski definition) is 6. The summed E-state index contributed by atoms with van der Waals surface area (Å²) in [6.45, 7) is 11.0. The van der Waals surface area contributed by atoms with E-state index >= 15 is 9.59 Å². The molecule has 0 atom stereocenters. The second-order valence-corrected chi connectivity index (χ2v) is 20.2. The number of rotatable bonds is 11. The lowest BCUT2D eigenvalue weighted by molar-refractivity contribution is -0.116. The van der Waals surface area contributed by atoms with E-state index in [4.69, 9.17) is 9.97 Å². The molecule has 2 amide bonds. The summed E-state index contributed by atoms with van der Waals surface area (Å²) in [4.78, 5) is 46.0. The third-order valence-electron chi connectivity index (χ3n) is 14.5. The molecule has 2 aliphatic heterocycles. The van der Waals surface area contributed by atoms with E-state index in [1.54, 1.807) is 6.08 Å². The minimum Gasteiger partial charge on any atom is -0.276 e. The smallest absolute Gasteiger partial charge is 0.276 e. The lowest BCUT2D eigenvalue weighted by Gasteiger charge is -2.32. The molecule has 0 saturated carbocycles. The highest BCUT2D eigenvalue weighted by atomic mass is 16.2. The standard InChI is InChI=1S/C69H56N6O2/c1-45(2)56-29-20-30-57(46(3)4)64(56)72-63(42-41-58-68(76)74(54-25-14-8-15-26-54)75(69(58)77)55-27-16-9-17-28-55)73(67-66(72)70-61-31-18-19-32-62(61)71-67)65-59(52-37-33-50(34-38-52)48-21-10-6-11-22-48)43-47(5)44-60(65)53-39-35-51(36-40-53)49-23-12-7-13-24-49/h6-46H,1-5H3/b63-42+. The summed E-state index contributed by atoms with van der Waals surface area (Å²) < 4.78 is 0. The fraction of sp³-hybridized carbons (Fsp3) is 0.101. The Kier molecular flexibility index (Phi) is 12.7. The Balaban J connectivity index is 1.17. The summed E-state index contributed by atoms with van der Waals surface area (Å²) in [5.74, 6) is 1.19. The lowest BCUT2D eigenvalue weighted by atomic mass is 9.91. The largest absolute Gasteiger partial charge is 0.283 e. The van der Waals surface area contributed by atoms with E-state index in [1.807, 2.05) is 103 Å². The Hall–Kier alpha value is -9.66. The maximum atomic E-state index is 15.2. The number of anilines is 6. The summed E-state index contributed by atoms with van der Waals surface area (Å²) in [5, 5.41) is 2.94. The Morgan fingerprint density at radius 2 is 0.753 bits per heavy atom. The van der Waals surface area contributed by atoms with Crippen LogP contribution in [0.3, 0.4) is 0 Å². The number of para-hydroxylation sites is 5. The zero-order valence-corrected chi connectivity index (χ0v) is 43.7. The predicted molar refractivity (Wildman–Crippen MR) is 315 cm³/mol. The molecule has 1 fully saturated rings. The summed E-state index contributed by atoms with van der Waals surface area (Å²) in [6, 6.07) is 76.1. The topological polar surface area (TPSA) is 72.9 Å². The third kappa shape index (κ3) is 8.83. The first kappa shape index (κ1) is 48.3. The minimum atomic E-state index is -0.448. The SMILES string of the molecule is Cc1cc(-c2ccc(-c3ccccc3)cc2)c(N2/C(=C/C=C3C(=O)N(c4ccccc4)N(c4ccccc4)C3=O)N(c3c(C(C)C)cccc3C(C)C)c3nc4ccccc4nc32)c(-c2ccc(-c3ccccc3)cc2)c1. The molecule has 1 aromatic heterocycles. The van der Waals surface area contributed by atoms with E-state index in [2.05, 4.69) is 172 Å². The van der Waals surface area contributed by atoms with Gasteiger partial charge in [0.2, 0.25) is 0 Å². The van der Waals surface area contributed by atoms with Crippen LogP contribution in [0, 0.1) is 6.92 Å². The number of fused-ring (bicyclic) bond motifs is 2. The molecule has 8 nitrogen and oxygen atoms in total.